The highest BCUT2D eigenvalue weighted by Crippen LogP contribution is 2.35. The van der Waals surface area contributed by atoms with Gasteiger partial charge in [0.1, 0.15) is 0 Å². The van der Waals surface area contributed by atoms with Gasteiger partial charge in [-0.25, -0.2) is 0 Å². The van der Waals surface area contributed by atoms with E-state index < -0.39 is 13.1 Å². The highest BCUT2D eigenvalue weighted by Gasteiger charge is 2.32. The zero-order valence-electron chi connectivity index (χ0n) is 11.4. The number of nitrogens with two attached hydrogens (primary N) is 2. The van der Waals surface area contributed by atoms with E-state index in [1.54, 1.807) is 0 Å². The molecule has 1 rings (SSSR count). The van der Waals surface area contributed by atoms with Crippen LogP contribution < -0.4 is 11.5 Å². The molecular formula is C11H27BN2O4. The molecule has 0 bridgehead atoms. The fourth-order valence-electron chi connectivity index (χ4n) is 2.27. The van der Waals surface area contributed by atoms with E-state index in [-0.39, 0.29) is 11.8 Å². The van der Waals surface area contributed by atoms with Crippen molar-refractivity contribution in [1.29, 1.82) is 0 Å². The number of carboxylic acids is 1. The van der Waals surface area contributed by atoms with Crippen molar-refractivity contribution < 1.29 is 19.9 Å². The zero-order valence-corrected chi connectivity index (χ0v) is 11.4. The van der Waals surface area contributed by atoms with Crippen molar-refractivity contribution in [3.63, 3.8) is 0 Å². The highest BCUT2D eigenvalue weighted by atomic mass is 16.4. The molecule has 0 aromatic rings. The molecule has 1 fully saturated rings. The first-order chi connectivity index (χ1) is 8.61. The topological polar surface area (TPSA) is 130 Å². The molecule has 7 N–H and O–H groups in total. The van der Waals surface area contributed by atoms with Crippen LogP contribution in [0.4, 0.5) is 0 Å². The van der Waals surface area contributed by atoms with Crippen LogP contribution in [-0.2, 0) is 4.79 Å². The molecule has 2 atom stereocenters. The van der Waals surface area contributed by atoms with Gasteiger partial charge in [0, 0.05) is 0 Å². The van der Waals surface area contributed by atoms with Crippen LogP contribution in [0.5, 0.6) is 0 Å². The zero-order chi connectivity index (χ0) is 14.6. The van der Waals surface area contributed by atoms with Crippen molar-refractivity contribution in [2.24, 2.45) is 23.3 Å². The fraction of sp³-hybridized carbons (Fsp3) is 0.909. The molecule has 18 heavy (non-hydrogen) atoms. The van der Waals surface area contributed by atoms with Crippen LogP contribution in [0.2, 0.25) is 6.32 Å². The summed E-state index contributed by atoms with van der Waals surface area (Å²) < 4.78 is 0. The van der Waals surface area contributed by atoms with Gasteiger partial charge in [-0.3, -0.25) is 4.79 Å². The second-order valence-corrected chi connectivity index (χ2v) is 4.05. The summed E-state index contributed by atoms with van der Waals surface area (Å²) in [5.74, 6) is -0.658. The summed E-state index contributed by atoms with van der Waals surface area (Å²) in [6.07, 6.45) is 4.59. The molecule has 0 amide bonds. The van der Waals surface area contributed by atoms with E-state index in [1.807, 2.05) is 0 Å². The number of aliphatic carboxylic acids is 1. The first-order valence-corrected chi connectivity index (χ1v) is 6.35. The number of hydrogen-bond acceptors (Lipinski definition) is 5. The molecule has 1 aliphatic carbocycles. The summed E-state index contributed by atoms with van der Waals surface area (Å²) in [4.78, 5) is 10.8. The minimum atomic E-state index is -1.25. The van der Waals surface area contributed by atoms with Gasteiger partial charge in [-0.2, -0.15) is 0 Å². The molecule has 0 spiro atoms. The number of carbonyl (C=O) groups is 1. The molecule has 0 heterocycles. The van der Waals surface area contributed by atoms with Gasteiger partial charge >= 0.3 is 13.1 Å². The van der Waals surface area contributed by atoms with Crippen LogP contribution in [-0.4, -0.2) is 42.3 Å². The Morgan fingerprint density at radius 2 is 1.78 bits per heavy atom. The molecule has 0 aliphatic heterocycles. The third-order valence-corrected chi connectivity index (χ3v) is 3.01. The Morgan fingerprint density at radius 1 is 1.22 bits per heavy atom. The summed E-state index contributed by atoms with van der Waals surface area (Å²) in [6.45, 7) is 0. The van der Waals surface area contributed by atoms with E-state index in [4.69, 9.17) is 15.2 Å². The van der Waals surface area contributed by atoms with E-state index in [0.717, 1.165) is 25.7 Å². The van der Waals surface area contributed by atoms with Gasteiger partial charge in [0.2, 0.25) is 0 Å². The lowest BCUT2D eigenvalue weighted by atomic mass is 9.80. The summed E-state index contributed by atoms with van der Waals surface area (Å²) in [5, 5.41) is 26.2. The van der Waals surface area contributed by atoms with E-state index in [1.165, 1.54) is 14.1 Å². The Labute approximate surface area is 110 Å². The third-order valence-electron chi connectivity index (χ3n) is 3.01. The van der Waals surface area contributed by atoms with E-state index in [0.29, 0.717) is 12.7 Å². The van der Waals surface area contributed by atoms with Crippen molar-refractivity contribution in [3.05, 3.63) is 0 Å². The normalized spacial score (nSPS) is 21.2. The van der Waals surface area contributed by atoms with Gasteiger partial charge in [0.25, 0.3) is 0 Å². The lowest BCUT2D eigenvalue weighted by molar-refractivity contribution is -0.143. The summed E-state index contributed by atoms with van der Waals surface area (Å²) in [5.41, 5.74) is 9.00. The summed E-state index contributed by atoms with van der Waals surface area (Å²) >= 11 is 0. The smallest absolute Gasteiger partial charge is 0.451 e. The number of rotatable bonds is 5. The quantitative estimate of drug-likeness (QED) is 0.439. The molecule has 0 radical (unpaired) electrons. The summed E-state index contributed by atoms with van der Waals surface area (Å²) in [6, 6.07) is 0. The van der Waals surface area contributed by atoms with Crippen molar-refractivity contribution in [1.82, 2.24) is 0 Å². The molecule has 2 unspecified atom stereocenters. The van der Waals surface area contributed by atoms with Crippen LogP contribution in [0.3, 0.4) is 0 Å². The molecule has 0 saturated heterocycles. The van der Waals surface area contributed by atoms with Crippen molar-refractivity contribution in [2.45, 2.75) is 38.4 Å². The minimum absolute atomic E-state index is 0.203. The number of carboxylic acid groups (broad SMARTS) is 1. The lowest BCUT2D eigenvalue weighted by Crippen LogP contribution is -2.19. The van der Waals surface area contributed by atoms with Crippen molar-refractivity contribution >= 4 is 13.1 Å². The maximum Gasteiger partial charge on any atom is 0.451 e. The molecule has 1 aliphatic rings. The van der Waals surface area contributed by atoms with E-state index >= 15 is 0 Å². The predicted octanol–water partition coefficient (Wildman–Crippen LogP) is -0.110. The second-order valence-electron chi connectivity index (χ2n) is 4.05. The van der Waals surface area contributed by atoms with Crippen LogP contribution in [0.25, 0.3) is 0 Å². The largest absolute Gasteiger partial charge is 0.481 e. The average molecular weight is 262 g/mol. The minimum Gasteiger partial charge on any atom is -0.481 e. The maximum atomic E-state index is 10.8. The first kappa shape index (κ1) is 19.7. The maximum absolute atomic E-state index is 10.8. The molecule has 0 aromatic heterocycles. The van der Waals surface area contributed by atoms with Crippen molar-refractivity contribution in [2.75, 3.05) is 14.1 Å². The molecule has 6 nitrogen and oxygen atoms in total. The van der Waals surface area contributed by atoms with E-state index in [9.17, 15) is 4.79 Å². The lowest BCUT2D eigenvalue weighted by Gasteiger charge is -2.14. The van der Waals surface area contributed by atoms with Crippen molar-refractivity contribution in [3.8, 4) is 0 Å². The van der Waals surface area contributed by atoms with Crippen LogP contribution in [0.15, 0.2) is 0 Å². The van der Waals surface area contributed by atoms with Crippen LogP contribution in [0.1, 0.15) is 32.1 Å². The molecule has 7 heteroatoms. The highest BCUT2D eigenvalue weighted by molar-refractivity contribution is 6.40. The SMILES string of the molecule is CN.CN.O=C(O)C1CCCC1CCCB(O)O. The Bertz CT molecular complexity index is 205. The van der Waals surface area contributed by atoms with Gasteiger partial charge < -0.3 is 26.6 Å². The van der Waals surface area contributed by atoms with E-state index in [2.05, 4.69) is 11.5 Å². The number of hydrogen-bond donors (Lipinski definition) is 5. The van der Waals surface area contributed by atoms with Gasteiger partial charge in [0.05, 0.1) is 5.92 Å². The molecule has 108 valence electrons. The molecular weight excluding hydrogens is 235 g/mol. The molecule has 1 saturated carbocycles. The third kappa shape index (κ3) is 8.46. The Hall–Kier alpha value is -0.625. The van der Waals surface area contributed by atoms with Gasteiger partial charge in [-0.15, -0.1) is 0 Å². The summed E-state index contributed by atoms with van der Waals surface area (Å²) in [7, 11) is 1.75. The van der Waals surface area contributed by atoms with Gasteiger partial charge in [-0.05, 0) is 39.2 Å². The van der Waals surface area contributed by atoms with Crippen LogP contribution >= 0.6 is 0 Å². The standard InChI is InChI=1S/C9H17BO4.2CH5N/c11-9(12)8-5-1-3-7(8)4-2-6-10(13)14;2*1-2/h7-8,13-14H,1-6H2,(H,11,12);2*2H2,1H3. The Balaban J connectivity index is 0. The predicted molar refractivity (Wildman–Crippen MR) is 72.9 cm³/mol. The Morgan fingerprint density at radius 3 is 2.22 bits per heavy atom. The van der Waals surface area contributed by atoms with Crippen LogP contribution in [0, 0.1) is 11.8 Å². The second kappa shape index (κ2) is 12.8. The van der Waals surface area contributed by atoms with Gasteiger partial charge in [-0.1, -0.05) is 19.3 Å². The Kier molecular flexibility index (Phi) is 14.0. The molecule has 0 aromatic carbocycles. The van der Waals surface area contributed by atoms with Gasteiger partial charge in [0.15, 0.2) is 0 Å². The monoisotopic (exact) mass is 262 g/mol. The fourth-order valence-corrected chi connectivity index (χ4v) is 2.27. The first-order valence-electron chi connectivity index (χ1n) is 6.35. The average Bonchev–Trinajstić information content (AvgIpc) is 2.82.